The molecule has 190 valence electrons. The van der Waals surface area contributed by atoms with E-state index in [2.05, 4.69) is 11.8 Å². The van der Waals surface area contributed by atoms with Gasteiger partial charge in [-0.15, -0.1) is 0 Å². The van der Waals surface area contributed by atoms with Crippen molar-refractivity contribution in [3.63, 3.8) is 0 Å². The lowest BCUT2D eigenvalue weighted by Gasteiger charge is -2.43. The first-order chi connectivity index (χ1) is 17.4. The lowest BCUT2D eigenvalue weighted by Crippen LogP contribution is -2.53. The highest BCUT2D eigenvalue weighted by atomic mass is 35.5. The molecule has 1 saturated heterocycles. The van der Waals surface area contributed by atoms with Gasteiger partial charge in [0.2, 0.25) is 0 Å². The normalized spacial score (nSPS) is 19.6. The molecule has 3 aromatic carbocycles. The Kier molecular flexibility index (Phi) is 7.58. The second kappa shape index (κ2) is 10.9. The van der Waals surface area contributed by atoms with E-state index in [1.165, 1.54) is 24.3 Å². The molecular formula is C29H30ClF2NO3. The molecular weight excluding hydrogens is 484 g/mol. The van der Waals surface area contributed by atoms with Gasteiger partial charge in [0.1, 0.15) is 35.2 Å². The summed E-state index contributed by atoms with van der Waals surface area (Å²) >= 11 is 6.16. The molecule has 36 heavy (non-hydrogen) atoms. The van der Waals surface area contributed by atoms with Gasteiger partial charge in [-0.3, -0.25) is 0 Å². The maximum Gasteiger partial charge on any atom is 0.125 e. The Morgan fingerprint density at radius 3 is 2.19 bits per heavy atom. The van der Waals surface area contributed by atoms with E-state index in [4.69, 9.17) is 25.8 Å². The minimum atomic E-state index is -0.397. The molecule has 0 radical (unpaired) electrons. The summed E-state index contributed by atoms with van der Waals surface area (Å²) in [6.45, 7) is 5.54. The predicted octanol–water partition coefficient (Wildman–Crippen LogP) is 6.56. The molecule has 0 bridgehead atoms. The van der Waals surface area contributed by atoms with Crippen LogP contribution in [0.5, 0.6) is 5.75 Å². The Bertz CT molecular complexity index is 1120. The number of likely N-dealkylation sites (tertiary alicyclic amines) is 1. The highest BCUT2D eigenvalue weighted by Crippen LogP contribution is 2.38. The largest absolute Gasteiger partial charge is 0.487 e. The third-order valence-electron chi connectivity index (χ3n) is 7.32. The number of fused-ring (bicyclic) bond motifs is 1. The first-order valence-corrected chi connectivity index (χ1v) is 12.7. The van der Waals surface area contributed by atoms with E-state index < -0.39 is 6.10 Å². The Morgan fingerprint density at radius 1 is 0.972 bits per heavy atom. The van der Waals surface area contributed by atoms with E-state index in [9.17, 15) is 8.78 Å². The van der Waals surface area contributed by atoms with Crippen LogP contribution in [0.15, 0.2) is 66.7 Å². The lowest BCUT2D eigenvalue weighted by atomic mass is 9.86. The smallest absolute Gasteiger partial charge is 0.125 e. The van der Waals surface area contributed by atoms with Gasteiger partial charge in [-0.05, 0) is 73.4 Å². The average Bonchev–Trinajstić information content (AvgIpc) is 3.01. The van der Waals surface area contributed by atoms with Crippen LogP contribution in [0, 0.1) is 11.6 Å². The number of nitrogens with zero attached hydrogens (tertiary/aromatic N) is 1. The summed E-state index contributed by atoms with van der Waals surface area (Å²) < 4.78 is 46.0. The van der Waals surface area contributed by atoms with Crippen molar-refractivity contribution in [3.8, 4) is 5.75 Å². The molecule has 1 atom stereocenters. The van der Waals surface area contributed by atoms with Crippen molar-refractivity contribution in [1.29, 1.82) is 0 Å². The first kappa shape index (κ1) is 25.2. The number of piperidine rings is 1. The molecule has 2 aliphatic heterocycles. The van der Waals surface area contributed by atoms with E-state index in [-0.39, 0.29) is 23.3 Å². The number of hydrogen-bond acceptors (Lipinski definition) is 4. The zero-order valence-electron chi connectivity index (χ0n) is 20.3. The van der Waals surface area contributed by atoms with E-state index in [1.807, 2.05) is 18.2 Å². The lowest BCUT2D eigenvalue weighted by molar-refractivity contribution is -0.137. The van der Waals surface area contributed by atoms with Crippen molar-refractivity contribution >= 4 is 11.6 Å². The Balaban J connectivity index is 1.19. The number of hydrogen-bond donors (Lipinski definition) is 0. The third kappa shape index (κ3) is 5.57. The predicted molar refractivity (Wildman–Crippen MR) is 135 cm³/mol. The van der Waals surface area contributed by atoms with E-state index >= 15 is 0 Å². The maximum absolute atomic E-state index is 13.5. The van der Waals surface area contributed by atoms with Crippen molar-refractivity contribution < 1.29 is 23.0 Å². The second-order valence-electron chi connectivity index (χ2n) is 9.56. The molecule has 2 heterocycles. The van der Waals surface area contributed by atoms with Crippen molar-refractivity contribution in [3.05, 3.63) is 100 Å². The summed E-state index contributed by atoms with van der Waals surface area (Å²) in [6, 6.07) is 18.2. The molecule has 3 aromatic rings. The standard InChI is InChI=1S/C29H30ClF2NO3/c1-20-29(35-19-23-18-24(30)6-11-27(23)36-20)12-14-33(15-13-29)16-17-34-28(21-2-7-25(31)8-3-21)22-4-9-26(32)10-5-22/h2-11,18,20,28H,12-17,19H2,1H3. The number of benzene rings is 3. The van der Waals surface area contributed by atoms with Gasteiger partial charge in [0, 0.05) is 30.2 Å². The van der Waals surface area contributed by atoms with Gasteiger partial charge in [-0.1, -0.05) is 35.9 Å². The van der Waals surface area contributed by atoms with Gasteiger partial charge >= 0.3 is 0 Å². The van der Waals surface area contributed by atoms with Crippen LogP contribution in [0.3, 0.4) is 0 Å². The molecule has 0 amide bonds. The second-order valence-corrected chi connectivity index (χ2v) is 10.00. The average molecular weight is 514 g/mol. The summed E-state index contributed by atoms with van der Waals surface area (Å²) in [5, 5.41) is 0.680. The summed E-state index contributed by atoms with van der Waals surface area (Å²) in [4.78, 5) is 2.36. The highest BCUT2D eigenvalue weighted by Gasteiger charge is 2.43. The number of ether oxygens (including phenoxy) is 3. The quantitative estimate of drug-likeness (QED) is 0.373. The molecule has 2 aliphatic rings. The first-order valence-electron chi connectivity index (χ1n) is 12.4. The molecule has 4 nitrogen and oxygen atoms in total. The molecule has 0 aliphatic carbocycles. The molecule has 1 unspecified atom stereocenters. The Morgan fingerprint density at radius 2 is 1.58 bits per heavy atom. The summed E-state index contributed by atoms with van der Waals surface area (Å²) in [5.74, 6) is 0.236. The van der Waals surface area contributed by atoms with Gasteiger partial charge < -0.3 is 19.1 Å². The van der Waals surface area contributed by atoms with Crippen LogP contribution < -0.4 is 4.74 Å². The van der Waals surface area contributed by atoms with Gasteiger partial charge in [-0.2, -0.15) is 0 Å². The zero-order chi connectivity index (χ0) is 25.1. The van der Waals surface area contributed by atoms with Crippen LogP contribution in [-0.4, -0.2) is 42.8 Å². The third-order valence-corrected chi connectivity index (χ3v) is 7.56. The van der Waals surface area contributed by atoms with Crippen molar-refractivity contribution in [1.82, 2.24) is 4.90 Å². The summed E-state index contributed by atoms with van der Waals surface area (Å²) in [6.07, 6.45) is 1.25. The molecule has 0 aromatic heterocycles. The van der Waals surface area contributed by atoms with Crippen molar-refractivity contribution in [2.24, 2.45) is 0 Å². The van der Waals surface area contributed by atoms with Gasteiger partial charge in [0.05, 0.1) is 13.2 Å². The number of halogens is 3. The molecule has 1 fully saturated rings. The Hall–Kier alpha value is -2.51. The fourth-order valence-electron chi connectivity index (χ4n) is 5.08. The molecule has 7 heteroatoms. The van der Waals surface area contributed by atoms with E-state index in [0.29, 0.717) is 18.2 Å². The van der Waals surface area contributed by atoms with Gasteiger partial charge in [-0.25, -0.2) is 8.78 Å². The molecule has 0 N–H and O–H groups in total. The minimum Gasteiger partial charge on any atom is -0.487 e. The van der Waals surface area contributed by atoms with Crippen LogP contribution in [0.1, 0.15) is 42.6 Å². The zero-order valence-corrected chi connectivity index (χ0v) is 21.0. The summed E-state index contributed by atoms with van der Waals surface area (Å²) in [7, 11) is 0. The molecule has 0 saturated carbocycles. The van der Waals surface area contributed by atoms with Crippen molar-refractivity contribution in [2.75, 3.05) is 26.2 Å². The van der Waals surface area contributed by atoms with Crippen molar-refractivity contribution in [2.45, 2.75) is 44.2 Å². The topological polar surface area (TPSA) is 30.9 Å². The maximum atomic E-state index is 13.5. The van der Waals surface area contributed by atoms with Crippen LogP contribution >= 0.6 is 11.6 Å². The van der Waals surface area contributed by atoms with Gasteiger partial charge in [0.25, 0.3) is 0 Å². The monoisotopic (exact) mass is 513 g/mol. The minimum absolute atomic E-state index is 0.0698. The highest BCUT2D eigenvalue weighted by molar-refractivity contribution is 6.30. The van der Waals surface area contributed by atoms with Crippen LogP contribution in [0.2, 0.25) is 5.02 Å². The fraction of sp³-hybridized carbons (Fsp3) is 0.379. The van der Waals surface area contributed by atoms with Crippen LogP contribution in [0.4, 0.5) is 8.78 Å². The fourth-order valence-corrected chi connectivity index (χ4v) is 5.27. The summed E-state index contributed by atoms with van der Waals surface area (Å²) in [5.41, 5.74) is 2.30. The Labute approximate surface area is 215 Å². The molecule has 5 rings (SSSR count). The SMILES string of the molecule is CC1Oc2ccc(Cl)cc2COC12CCN(CCOC(c1ccc(F)cc1)c1ccc(F)cc1)CC2. The number of rotatable bonds is 6. The van der Waals surface area contributed by atoms with Crippen LogP contribution in [-0.2, 0) is 16.1 Å². The van der Waals surface area contributed by atoms with E-state index in [1.54, 1.807) is 24.3 Å². The molecule has 1 spiro atoms. The van der Waals surface area contributed by atoms with Crippen LogP contribution in [0.25, 0.3) is 0 Å². The van der Waals surface area contributed by atoms with Gasteiger partial charge in [0.15, 0.2) is 0 Å². The van der Waals surface area contributed by atoms with E-state index in [0.717, 1.165) is 54.9 Å².